The Morgan fingerprint density at radius 3 is 2.49 bits per heavy atom. The van der Waals surface area contributed by atoms with Gasteiger partial charge in [0, 0.05) is 19.8 Å². The fourth-order valence-electron chi connectivity index (χ4n) is 8.06. The number of Topliss-reactive ketones (excluding diaryl/α,β-unsaturated/α-hetero) is 1. The van der Waals surface area contributed by atoms with Gasteiger partial charge in [-0.2, -0.15) is 0 Å². The van der Waals surface area contributed by atoms with Gasteiger partial charge in [-0.15, -0.1) is 0 Å². The molecule has 1 saturated carbocycles. The van der Waals surface area contributed by atoms with E-state index in [0.29, 0.717) is 37.5 Å². The van der Waals surface area contributed by atoms with Gasteiger partial charge in [0.05, 0.1) is 23.1 Å². The number of ether oxygens (including phenoxy) is 3. The monoisotopic (exact) mass is 632 g/mol. The van der Waals surface area contributed by atoms with Crippen LogP contribution in [0.5, 0.6) is 11.5 Å². The molecule has 0 aromatic heterocycles. The summed E-state index contributed by atoms with van der Waals surface area (Å²) in [5, 5.41) is 75.1. The highest BCUT2D eigenvalue weighted by Crippen LogP contribution is 2.47. The molecular formula is C33H44O12. The fraction of sp³-hybridized carbons (Fsp3) is 0.636. The van der Waals surface area contributed by atoms with Gasteiger partial charge in [0.25, 0.3) is 0 Å². The first-order valence-electron chi connectivity index (χ1n) is 15.7. The van der Waals surface area contributed by atoms with Gasteiger partial charge in [-0.05, 0) is 86.3 Å². The Morgan fingerprint density at radius 2 is 1.82 bits per heavy atom. The number of aliphatic hydroxyl groups is 5. The Labute approximate surface area is 261 Å². The van der Waals surface area contributed by atoms with Crippen LogP contribution in [0.2, 0.25) is 0 Å². The van der Waals surface area contributed by atoms with Crippen molar-refractivity contribution in [3.05, 3.63) is 34.9 Å². The van der Waals surface area contributed by atoms with Crippen LogP contribution in [0.3, 0.4) is 0 Å². The molecule has 2 heterocycles. The second kappa shape index (κ2) is 13.5. The lowest BCUT2D eigenvalue weighted by Gasteiger charge is -2.50. The number of carbonyl (C=O) groups is 2. The first-order chi connectivity index (χ1) is 21.4. The molecule has 9 atom stereocenters. The lowest BCUT2D eigenvalue weighted by Crippen LogP contribution is -2.68. The first kappa shape index (κ1) is 33.5. The van der Waals surface area contributed by atoms with Gasteiger partial charge in [-0.3, -0.25) is 4.79 Å². The van der Waals surface area contributed by atoms with E-state index in [1.807, 2.05) is 0 Å². The largest absolute Gasteiger partial charge is 0.506 e. The summed E-state index contributed by atoms with van der Waals surface area (Å²) in [5.41, 5.74) is -1.81. The van der Waals surface area contributed by atoms with Gasteiger partial charge in [0.1, 0.15) is 35.4 Å². The van der Waals surface area contributed by atoms with Crippen molar-refractivity contribution < 1.29 is 59.5 Å². The maximum atomic E-state index is 12.3. The minimum atomic E-state index is -2.04. The van der Waals surface area contributed by atoms with Crippen molar-refractivity contribution in [3.63, 3.8) is 0 Å². The second-order valence-electron chi connectivity index (χ2n) is 12.9. The van der Waals surface area contributed by atoms with Gasteiger partial charge < -0.3 is 50.0 Å². The fourth-order valence-corrected chi connectivity index (χ4v) is 8.06. The van der Waals surface area contributed by atoms with Gasteiger partial charge in [-0.1, -0.05) is 18.9 Å². The van der Waals surface area contributed by atoms with Crippen LogP contribution in [0.15, 0.2) is 18.2 Å². The third-order valence-corrected chi connectivity index (χ3v) is 10.2. The zero-order chi connectivity index (χ0) is 32.6. The number of rotatable bonds is 10. The molecule has 2 saturated heterocycles. The number of aryl methyl sites for hydroxylation is 1. The number of hydrogen-bond acceptors (Lipinski definition) is 11. The molecule has 2 aromatic carbocycles. The summed E-state index contributed by atoms with van der Waals surface area (Å²) in [6.45, 7) is 3.43. The van der Waals surface area contributed by atoms with Crippen molar-refractivity contribution in [2.45, 2.75) is 82.6 Å². The molecule has 3 aliphatic rings. The van der Waals surface area contributed by atoms with E-state index in [2.05, 4.69) is 0 Å². The van der Waals surface area contributed by atoms with Crippen LogP contribution >= 0.6 is 0 Å². The van der Waals surface area contributed by atoms with Crippen LogP contribution in [0.1, 0.15) is 71.7 Å². The highest BCUT2D eigenvalue weighted by atomic mass is 16.7. The molecular weight excluding hydrogens is 588 g/mol. The summed E-state index contributed by atoms with van der Waals surface area (Å²) in [7, 11) is 0. The van der Waals surface area contributed by atoms with Gasteiger partial charge in [0.15, 0.2) is 5.78 Å². The highest BCUT2D eigenvalue weighted by molar-refractivity contribution is 6.08. The molecule has 2 aromatic rings. The van der Waals surface area contributed by atoms with Crippen molar-refractivity contribution in [3.8, 4) is 11.5 Å². The number of carboxylic acid groups (broad SMARTS) is 1. The average molecular weight is 633 g/mol. The summed E-state index contributed by atoms with van der Waals surface area (Å²) in [6, 6.07) is 3.95. The van der Waals surface area contributed by atoms with Gasteiger partial charge in [0.2, 0.25) is 6.29 Å². The topological polar surface area (TPSA) is 203 Å². The molecule has 7 N–H and O–H groups in total. The molecule has 5 rings (SSSR count). The van der Waals surface area contributed by atoms with Crippen molar-refractivity contribution in [2.75, 3.05) is 26.4 Å². The number of carboxylic acids is 1. The maximum absolute atomic E-state index is 12.3. The molecule has 0 bridgehead atoms. The number of aliphatic hydroxyl groups excluding tert-OH is 4. The molecule has 0 spiro atoms. The lowest BCUT2D eigenvalue weighted by atomic mass is 9.63. The second-order valence-corrected chi connectivity index (χ2v) is 12.9. The molecule has 0 amide bonds. The number of fused-ring (bicyclic) bond motifs is 2. The third-order valence-electron chi connectivity index (χ3n) is 10.2. The Balaban J connectivity index is 1.41. The van der Waals surface area contributed by atoms with Gasteiger partial charge >= 0.3 is 5.97 Å². The Bertz CT molecular complexity index is 1400. The van der Waals surface area contributed by atoms with Gasteiger partial charge in [-0.25, -0.2) is 4.79 Å². The van der Waals surface area contributed by atoms with E-state index < -0.39 is 54.3 Å². The van der Waals surface area contributed by atoms with E-state index in [4.69, 9.17) is 14.2 Å². The molecule has 2 aliphatic heterocycles. The number of aromatic hydroxyl groups is 1. The average Bonchev–Trinajstić information content (AvgIpc) is 3.00. The van der Waals surface area contributed by atoms with E-state index >= 15 is 0 Å². The Kier molecular flexibility index (Phi) is 10.0. The minimum Gasteiger partial charge on any atom is -0.506 e. The van der Waals surface area contributed by atoms with Crippen LogP contribution < -0.4 is 4.74 Å². The summed E-state index contributed by atoms with van der Waals surface area (Å²) < 4.78 is 17.6. The van der Waals surface area contributed by atoms with Crippen LogP contribution in [0.25, 0.3) is 10.8 Å². The van der Waals surface area contributed by atoms with E-state index in [0.717, 1.165) is 25.3 Å². The number of ketones is 1. The van der Waals surface area contributed by atoms with Crippen LogP contribution in [-0.2, 0) is 9.47 Å². The predicted octanol–water partition coefficient (Wildman–Crippen LogP) is 2.15. The summed E-state index contributed by atoms with van der Waals surface area (Å²) in [5.74, 6) is -1.41. The number of aromatic carboxylic acids is 1. The predicted molar refractivity (Wildman–Crippen MR) is 160 cm³/mol. The third kappa shape index (κ3) is 6.29. The molecule has 1 aliphatic carbocycles. The quantitative estimate of drug-likeness (QED) is 0.188. The molecule has 248 valence electrons. The number of phenolic OH excluding ortho intramolecular Hbond substituents is 1. The zero-order valence-electron chi connectivity index (χ0n) is 25.6. The van der Waals surface area contributed by atoms with Crippen LogP contribution in [0, 0.1) is 30.6 Å². The summed E-state index contributed by atoms with van der Waals surface area (Å²) >= 11 is 0. The molecule has 12 nitrogen and oxygen atoms in total. The van der Waals surface area contributed by atoms with Crippen LogP contribution in [0.4, 0.5) is 0 Å². The molecule has 0 radical (unpaired) electrons. The van der Waals surface area contributed by atoms with E-state index in [1.54, 1.807) is 6.92 Å². The lowest BCUT2D eigenvalue weighted by molar-refractivity contribution is -0.315. The highest BCUT2D eigenvalue weighted by Gasteiger charge is 2.56. The summed E-state index contributed by atoms with van der Waals surface area (Å²) in [6.07, 6.45) is -2.64. The van der Waals surface area contributed by atoms with Crippen molar-refractivity contribution in [2.24, 2.45) is 23.7 Å². The molecule has 3 fully saturated rings. The number of carbonyl (C=O) groups excluding carboxylic acids is 1. The normalized spacial score (nSPS) is 33.5. The standard InChI is InChI=1S/C33H44O12/c1-16-10-21-11-22(31(40)41)12-23(27(21)28(37)25(16)17(2)36)44-32-29(38)30(39)33(42,24(13-35)45-32)8-6-18-4-3-5-19-14-43-15-20(7-9-34)26(18)19/h10-12,18-20,24,26,29-30,32,34-35,37-39,42H,3-9,13-15H2,1-2H3,(H,40,41)/t18-,19-,20-,24-,26-,29-,30-,32-,33-/m1/s1. The van der Waals surface area contributed by atoms with Crippen molar-refractivity contribution >= 4 is 22.5 Å². The SMILES string of the molecule is CC(=O)c1c(C)cc2cc(C(=O)O)cc(O[C@@H]3O[C@H](CO)[C@](O)(CC[C@H]4CCC[C@@H]5COC[C@@H](CCO)[C@H]45)[C@H](O)[C@H]3O)c2c1O. The van der Waals surface area contributed by atoms with E-state index in [9.17, 15) is 45.3 Å². The summed E-state index contributed by atoms with van der Waals surface area (Å²) in [4.78, 5) is 24.2. The minimum absolute atomic E-state index is 0.00298. The first-order valence-corrected chi connectivity index (χ1v) is 15.7. The smallest absolute Gasteiger partial charge is 0.335 e. The number of benzene rings is 2. The molecule has 45 heavy (non-hydrogen) atoms. The number of phenols is 1. The Hall–Kier alpha value is -2.84. The molecule has 12 heteroatoms. The zero-order valence-corrected chi connectivity index (χ0v) is 25.6. The van der Waals surface area contributed by atoms with E-state index in [-0.39, 0.29) is 58.4 Å². The molecule has 0 unspecified atom stereocenters. The Morgan fingerprint density at radius 1 is 1.07 bits per heavy atom. The van der Waals surface area contributed by atoms with Crippen molar-refractivity contribution in [1.29, 1.82) is 0 Å². The van der Waals surface area contributed by atoms with E-state index in [1.165, 1.54) is 19.1 Å². The van der Waals surface area contributed by atoms with Crippen LogP contribution in [-0.4, -0.2) is 104 Å². The number of hydrogen-bond donors (Lipinski definition) is 7. The van der Waals surface area contributed by atoms with Crippen molar-refractivity contribution in [1.82, 2.24) is 0 Å². The maximum Gasteiger partial charge on any atom is 0.335 e.